The second kappa shape index (κ2) is 7.02. The molecule has 0 radical (unpaired) electrons. The summed E-state index contributed by atoms with van der Waals surface area (Å²) in [5.41, 5.74) is 13.0. The van der Waals surface area contributed by atoms with Crippen LogP contribution in [0, 0.1) is 0 Å². The Kier molecular flexibility index (Phi) is 5.67. The molecule has 19 heavy (non-hydrogen) atoms. The Bertz CT molecular complexity index is 427. The number of nitrogens with zero attached hydrogens (tertiary/aromatic N) is 1. The first-order valence-corrected chi connectivity index (χ1v) is 7.01. The molecular formula is C15H25N3O. The molecule has 1 amide bonds. The van der Waals surface area contributed by atoms with Gasteiger partial charge in [0.1, 0.15) is 0 Å². The second-order valence-corrected chi connectivity index (χ2v) is 4.80. The van der Waals surface area contributed by atoms with Gasteiger partial charge in [-0.3, -0.25) is 4.79 Å². The van der Waals surface area contributed by atoms with Crippen molar-refractivity contribution in [3.63, 3.8) is 0 Å². The number of carbonyl (C=O) groups is 1. The summed E-state index contributed by atoms with van der Waals surface area (Å²) >= 11 is 0. The quantitative estimate of drug-likeness (QED) is 0.743. The fourth-order valence-electron chi connectivity index (χ4n) is 2.43. The van der Waals surface area contributed by atoms with Crippen LogP contribution in [0.2, 0.25) is 0 Å². The van der Waals surface area contributed by atoms with Crippen molar-refractivity contribution in [2.45, 2.75) is 46.1 Å². The van der Waals surface area contributed by atoms with E-state index in [-0.39, 0.29) is 0 Å². The maximum absolute atomic E-state index is 11.4. The predicted molar refractivity (Wildman–Crippen MR) is 81.4 cm³/mol. The van der Waals surface area contributed by atoms with Crippen molar-refractivity contribution in [1.29, 1.82) is 0 Å². The summed E-state index contributed by atoms with van der Waals surface area (Å²) in [7, 11) is 0. The molecule has 0 aliphatic heterocycles. The molecule has 0 aliphatic rings. The van der Waals surface area contributed by atoms with Gasteiger partial charge in [-0.1, -0.05) is 20.8 Å². The highest BCUT2D eigenvalue weighted by Crippen LogP contribution is 2.25. The van der Waals surface area contributed by atoms with Crippen LogP contribution in [0.5, 0.6) is 0 Å². The molecule has 0 heterocycles. The number of anilines is 2. The number of carbonyl (C=O) groups excluding carboxylic acids is 1. The first-order valence-electron chi connectivity index (χ1n) is 7.01. The summed E-state index contributed by atoms with van der Waals surface area (Å²) in [6.45, 7) is 7.49. The molecule has 0 saturated heterocycles. The molecule has 0 fully saturated rings. The van der Waals surface area contributed by atoms with Gasteiger partial charge < -0.3 is 16.4 Å². The highest BCUT2D eigenvalue weighted by molar-refractivity contribution is 5.99. The minimum absolute atomic E-state index is 0.407. The van der Waals surface area contributed by atoms with Gasteiger partial charge in [0.25, 0.3) is 5.91 Å². The van der Waals surface area contributed by atoms with E-state index in [4.69, 9.17) is 11.5 Å². The molecule has 0 saturated carbocycles. The Labute approximate surface area is 115 Å². The number of primary amides is 1. The minimum atomic E-state index is -0.472. The third-order valence-corrected chi connectivity index (χ3v) is 3.48. The van der Waals surface area contributed by atoms with Crippen molar-refractivity contribution in [3.8, 4) is 0 Å². The van der Waals surface area contributed by atoms with Crippen LogP contribution in [0.3, 0.4) is 0 Å². The molecule has 1 aromatic carbocycles. The molecule has 1 rings (SSSR count). The lowest BCUT2D eigenvalue weighted by Gasteiger charge is -2.33. The Morgan fingerprint density at radius 3 is 2.37 bits per heavy atom. The highest BCUT2D eigenvalue weighted by atomic mass is 16.1. The van der Waals surface area contributed by atoms with Gasteiger partial charge in [0.05, 0.1) is 5.56 Å². The molecule has 1 aromatic rings. The average molecular weight is 263 g/mol. The molecule has 106 valence electrons. The van der Waals surface area contributed by atoms with Crippen LogP contribution in [0.4, 0.5) is 11.4 Å². The van der Waals surface area contributed by atoms with Crippen molar-refractivity contribution in [1.82, 2.24) is 0 Å². The molecule has 0 unspecified atom stereocenters. The fourth-order valence-corrected chi connectivity index (χ4v) is 2.43. The van der Waals surface area contributed by atoms with E-state index in [1.165, 1.54) is 0 Å². The summed E-state index contributed by atoms with van der Waals surface area (Å²) in [6, 6.07) is 6.02. The SMILES string of the molecule is CCCN(c1ccc(N)c(C(N)=O)c1)C(CC)CC. The summed E-state index contributed by atoms with van der Waals surface area (Å²) in [5, 5.41) is 0. The maximum Gasteiger partial charge on any atom is 0.250 e. The van der Waals surface area contributed by atoms with Crippen LogP contribution >= 0.6 is 0 Å². The van der Waals surface area contributed by atoms with E-state index in [0.717, 1.165) is 31.5 Å². The van der Waals surface area contributed by atoms with E-state index in [1.807, 2.05) is 12.1 Å². The summed E-state index contributed by atoms with van der Waals surface area (Å²) in [6.07, 6.45) is 3.21. The molecule has 0 atom stereocenters. The zero-order chi connectivity index (χ0) is 14.4. The molecular weight excluding hydrogens is 238 g/mol. The number of benzene rings is 1. The normalized spacial score (nSPS) is 10.7. The molecule has 0 aromatic heterocycles. The van der Waals surface area contributed by atoms with E-state index >= 15 is 0 Å². The predicted octanol–water partition coefficient (Wildman–Crippen LogP) is 2.77. The van der Waals surface area contributed by atoms with Crippen molar-refractivity contribution in [2.75, 3.05) is 17.2 Å². The van der Waals surface area contributed by atoms with Crippen LogP contribution in [-0.2, 0) is 0 Å². The Balaban J connectivity index is 3.15. The molecule has 0 aliphatic carbocycles. The minimum Gasteiger partial charge on any atom is -0.398 e. The zero-order valence-corrected chi connectivity index (χ0v) is 12.1. The lowest BCUT2D eigenvalue weighted by molar-refractivity contribution is 0.100. The smallest absolute Gasteiger partial charge is 0.250 e. The molecule has 0 spiro atoms. The van der Waals surface area contributed by atoms with Gasteiger partial charge in [-0.15, -0.1) is 0 Å². The second-order valence-electron chi connectivity index (χ2n) is 4.80. The lowest BCUT2D eigenvalue weighted by atomic mass is 10.1. The maximum atomic E-state index is 11.4. The topological polar surface area (TPSA) is 72.3 Å². The molecule has 4 heteroatoms. The standard InChI is InChI=1S/C15H25N3O/c1-4-9-18(11(5-2)6-3)12-7-8-14(16)13(10-12)15(17)19/h7-8,10-11H,4-6,9,16H2,1-3H3,(H2,17,19). The van der Waals surface area contributed by atoms with Crippen molar-refractivity contribution in [3.05, 3.63) is 23.8 Å². The first-order chi connectivity index (χ1) is 9.04. The molecule has 4 nitrogen and oxygen atoms in total. The number of rotatable bonds is 7. The largest absolute Gasteiger partial charge is 0.398 e. The molecule has 0 bridgehead atoms. The van der Waals surface area contributed by atoms with Gasteiger partial charge in [-0.05, 0) is 37.5 Å². The number of nitrogen functional groups attached to an aromatic ring is 1. The van der Waals surface area contributed by atoms with Crippen molar-refractivity contribution < 1.29 is 4.79 Å². The van der Waals surface area contributed by atoms with E-state index < -0.39 is 5.91 Å². The Morgan fingerprint density at radius 1 is 1.26 bits per heavy atom. The Morgan fingerprint density at radius 2 is 1.89 bits per heavy atom. The summed E-state index contributed by atoms with van der Waals surface area (Å²) in [4.78, 5) is 13.7. The van der Waals surface area contributed by atoms with Crippen LogP contribution in [0.15, 0.2) is 18.2 Å². The van der Waals surface area contributed by atoms with Crippen molar-refractivity contribution in [2.24, 2.45) is 5.73 Å². The summed E-state index contributed by atoms with van der Waals surface area (Å²) in [5.74, 6) is -0.472. The van der Waals surface area contributed by atoms with Gasteiger partial charge >= 0.3 is 0 Å². The summed E-state index contributed by atoms with van der Waals surface area (Å²) < 4.78 is 0. The van der Waals surface area contributed by atoms with E-state index in [2.05, 4.69) is 25.7 Å². The number of hydrogen-bond donors (Lipinski definition) is 2. The first kappa shape index (κ1) is 15.3. The average Bonchev–Trinajstić information content (AvgIpc) is 2.39. The highest BCUT2D eigenvalue weighted by Gasteiger charge is 2.17. The van der Waals surface area contributed by atoms with E-state index in [0.29, 0.717) is 17.3 Å². The van der Waals surface area contributed by atoms with Crippen LogP contribution in [-0.4, -0.2) is 18.5 Å². The van der Waals surface area contributed by atoms with Gasteiger partial charge in [-0.25, -0.2) is 0 Å². The van der Waals surface area contributed by atoms with Crippen molar-refractivity contribution >= 4 is 17.3 Å². The third kappa shape index (κ3) is 3.63. The van der Waals surface area contributed by atoms with E-state index in [9.17, 15) is 4.79 Å². The van der Waals surface area contributed by atoms with Gasteiger partial charge in [-0.2, -0.15) is 0 Å². The van der Waals surface area contributed by atoms with Gasteiger partial charge in [0.2, 0.25) is 0 Å². The van der Waals surface area contributed by atoms with Gasteiger partial charge in [0.15, 0.2) is 0 Å². The Hall–Kier alpha value is -1.71. The fraction of sp³-hybridized carbons (Fsp3) is 0.533. The lowest BCUT2D eigenvalue weighted by Crippen LogP contribution is -2.35. The monoisotopic (exact) mass is 263 g/mol. The van der Waals surface area contributed by atoms with Crippen LogP contribution in [0.25, 0.3) is 0 Å². The van der Waals surface area contributed by atoms with Crippen LogP contribution < -0.4 is 16.4 Å². The van der Waals surface area contributed by atoms with Gasteiger partial charge in [0, 0.05) is 24.0 Å². The number of nitrogens with two attached hydrogens (primary N) is 2. The van der Waals surface area contributed by atoms with Crippen LogP contribution in [0.1, 0.15) is 50.4 Å². The molecule has 4 N–H and O–H groups in total. The third-order valence-electron chi connectivity index (χ3n) is 3.48. The van der Waals surface area contributed by atoms with E-state index in [1.54, 1.807) is 6.07 Å². The number of hydrogen-bond acceptors (Lipinski definition) is 3. The number of amides is 1. The zero-order valence-electron chi connectivity index (χ0n) is 12.1.